The Morgan fingerprint density at radius 3 is 2.24 bits per heavy atom. The van der Waals surface area contributed by atoms with Crippen molar-refractivity contribution in [2.45, 2.75) is 19.8 Å². The molecule has 3 heterocycles. The number of aromatic nitrogens is 2. The molecule has 34 heavy (non-hydrogen) atoms. The zero-order valence-electron chi connectivity index (χ0n) is 19.5. The van der Waals surface area contributed by atoms with Gasteiger partial charge in [-0.1, -0.05) is 48.0 Å². The van der Waals surface area contributed by atoms with E-state index in [9.17, 15) is 9.59 Å². The molecule has 2 aromatic carbocycles. The number of carbonyl (C=O) groups is 2. The quantitative estimate of drug-likeness (QED) is 0.600. The van der Waals surface area contributed by atoms with Gasteiger partial charge in [-0.3, -0.25) is 9.59 Å². The van der Waals surface area contributed by atoms with Gasteiger partial charge in [0.1, 0.15) is 5.69 Å². The fraction of sp³-hybridized carbons (Fsp3) is 0.370. The highest BCUT2D eigenvalue weighted by Crippen LogP contribution is 2.28. The Balaban J connectivity index is 1.36. The molecular weight excluding hydrogens is 428 g/mol. The molecule has 2 aliphatic rings. The number of likely N-dealkylation sites (tertiary alicyclic amines) is 1. The molecular formula is C27H30N4O3. The van der Waals surface area contributed by atoms with Crippen LogP contribution in [0.2, 0.25) is 0 Å². The number of hydrogen-bond acceptors (Lipinski definition) is 4. The van der Waals surface area contributed by atoms with Crippen molar-refractivity contribution in [2.75, 3.05) is 39.4 Å². The van der Waals surface area contributed by atoms with Gasteiger partial charge in [0, 0.05) is 43.9 Å². The predicted octanol–water partition coefficient (Wildman–Crippen LogP) is 3.56. The molecule has 0 atom stereocenters. The molecule has 2 amide bonds. The summed E-state index contributed by atoms with van der Waals surface area (Å²) in [7, 11) is 0. The van der Waals surface area contributed by atoms with Crippen LogP contribution in [-0.2, 0) is 9.53 Å². The third-order valence-electron chi connectivity index (χ3n) is 6.74. The molecule has 0 spiro atoms. The first kappa shape index (κ1) is 22.3. The van der Waals surface area contributed by atoms with Gasteiger partial charge in [-0.05, 0) is 31.9 Å². The van der Waals surface area contributed by atoms with E-state index in [2.05, 4.69) is 0 Å². The van der Waals surface area contributed by atoms with E-state index in [1.165, 1.54) is 0 Å². The van der Waals surface area contributed by atoms with Crippen LogP contribution in [0.5, 0.6) is 0 Å². The molecule has 5 rings (SSSR count). The maximum absolute atomic E-state index is 13.6. The van der Waals surface area contributed by atoms with Crippen molar-refractivity contribution in [2.24, 2.45) is 5.92 Å². The van der Waals surface area contributed by atoms with Gasteiger partial charge < -0.3 is 14.5 Å². The average molecular weight is 459 g/mol. The van der Waals surface area contributed by atoms with Gasteiger partial charge in [-0.2, -0.15) is 5.10 Å². The normalized spacial score (nSPS) is 17.1. The number of benzene rings is 2. The topological polar surface area (TPSA) is 67.7 Å². The lowest BCUT2D eigenvalue weighted by Gasteiger charge is -2.35. The maximum atomic E-state index is 13.6. The second-order valence-corrected chi connectivity index (χ2v) is 9.04. The van der Waals surface area contributed by atoms with Crippen LogP contribution in [0.1, 0.15) is 28.8 Å². The van der Waals surface area contributed by atoms with Gasteiger partial charge >= 0.3 is 0 Å². The number of para-hydroxylation sites is 1. The Labute approximate surface area is 199 Å². The molecule has 176 valence electrons. The molecule has 2 fully saturated rings. The van der Waals surface area contributed by atoms with Crippen LogP contribution in [0.4, 0.5) is 0 Å². The van der Waals surface area contributed by atoms with Crippen molar-refractivity contribution in [3.8, 4) is 16.9 Å². The number of ether oxygens (including phenoxy) is 1. The molecule has 0 saturated carbocycles. The number of rotatable bonds is 4. The molecule has 0 unspecified atom stereocenters. The Hall–Kier alpha value is -3.45. The van der Waals surface area contributed by atoms with Gasteiger partial charge in [0.15, 0.2) is 0 Å². The van der Waals surface area contributed by atoms with Gasteiger partial charge in [0.2, 0.25) is 5.91 Å². The lowest BCUT2D eigenvalue weighted by Crippen LogP contribution is -2.47. The van der Waals surface area contributed by atoms with Gasteiger partial charge in [0.25, 0.3) is 5.91 Å². The monoisotopic (exact) mass is 458 g/mol. The SMILES string of the molecule is Cc1ccc(-c2nn(-c3ccccc3)cc2C(=O)N2CCC(C(=O)N3CCOCC3)CC2)cc1. The molecule has 0 N–H and O–H groups in total. The van der Waals surface area contributed by atoms with E-state index in [0.29, 0.717) is 63.5 Å². The second-order valence-electron chi connectivity index (χ2n) is 9.04. The molecule has 0 bridgehead atoms. The smallest absolute Gasteiger partial charge is 0.257 e. The van der Waals surface area contributed by atoms with Crippen molar-refractivity contribution < 1.29 is 14.3 Å². The third-order valence-corrected chi connectivity index (χ3v) is 6.74. The summed E-state index contributed by atoms with van der Waals surface area (Å²) >= 11 is 0. The lowest BCUT2D eigenvalue weighted by molar-refractivity contribution is -0.141. The molecule has 0 aliphatic carbocycles. The number of hydrogen-bond donors (Lipinski definition) is 0. The Morgan fingerprint density at radius 1 is 0.882 bits per heavy atom. The summed E-state index contributed by atoms with van der Waals surface area (Å²) < 4.78 is 7.14. The number of nitrogens with zero attached hydrogens (tertiary/aromatic N) is 4. The highest BCUT2D eigenvalue weighted by atomic mass is 16.5. The van der Waals surface area contributed by atoms with Crippen LogP contribution in [0.15, 0.2) is 60.8 Å². The van der Waals surface area contributed by atoms with Crippen molar-refractivity contribution in [1.82, 2.24) is 19.6 Å². The second kappa shape index (κ2) is 9.81. The van der Waals surface area contributed by atoms with E-state index in [4.69, 9.17) is 9.84 Å². The first-order chi connectivity index (χ1) is 16.6. The fourth-order valence-electron chi connectivity index (χ4n) is 4.71. The summed E-state index contributed by atoms with van der Waals surface area (Å²) in [6, 6.07) is 17.9. The van der Waals surface area contributed by atoms with Crippen molar-refractivity contribution in [3.05, 3.63) is 71.9 Å². The summed E-state index contributed by atoms with van der Waals surface area (Å²) in [5.74, 6) is 0.147. The summed E-state index contributed by atoms with van der Waals surface area (Å²) in [6.07, 6.45) is 3.21. The van der Waals surface area contributed by atoms with E-state index in [1.54, 1.807) is 4.68 Å². The lowest BCUT2D eigenvalue weighted by atomic mass is 9.94. The van der Waals surface area contributed by atoms with Gasteiger partial charge in [-0.15, -0.1) is 0 Å². The molecule has 7 nitrogen and oxygen atoms in total. The Morgan fingerprint density at radius 2 is 1.56 bits per heavy atom. The zero-order valence-corrected chi connectivity index (χ0v) is 19.5. The largest absolute Gasteiger partial charge is 0.378 e. The van der Waals surface area contributed by atoms with Crippen LogP contribution >= 0.6 is 0 Å². The maximum Gasteiger partial charge on any atom is 0.257 e. The summed E-state index contributed by atoms with van der Waals surface area (Å²) in [4.78, 5) is 30.3. The van der Waals surface area contributed by atoms with Crippen LogP contribution in [-0.4, -0.2) is 70.8 Å². The van der Waals surface area contributed by atoms with Gasteiger partial charge in [-0.25, -0.2) is 4.68 Å². The minimum Gasteiger partial charge on any atom is -0.378 e. The van der Waals surface area contributed by atoms with E-state index >= 15 is 0 Å². The van der Waals surface area contributed by atoms with E-state index < -0.39 is 0 Å². The van der Waals surface area contributed by atoms with Crippen LogP contribution in [0.25, 0.3) is 16.9 Å². The average Bonchev–Trinajstić information content (AvgIpc) is 3.35. The van der Waals surface area contributed by atoms with E-state index in [-0.39, 0.29) is 17.7 Å². The summed E-state index contributed by atoms with van der Waals surface area (Å²) in [6.45, 7) is 5.73. The number of carbonyl (C=O) groups excluding carboxylic acids is 2. The van der Waals surface area contributed by atoms with Crippen molar-refractivity contribution in [1.29, 1.82) is 0 Å². The number of morpholine rings is 1. The van der Waals surface area contributed by atoms with E-state index in [1.807, 2.05) is 77.5 Å². The van der Waals surface area contributed by atoms with Crippen molar-refractivity contribution in [3.63, 3.8) is 0 Å². The minimum absolute atomic E-state index is 0.0224. The molecule has 1 aromatic heterocycles. The number of amides is 2. The van der Waals surface area contributed by atoms with Crippen LogP contribution < -0.4 is 0 Å². The molecule has 2 saturated heterocycles. The predicted molar refractivity (Wildman–Crippen MR) is 130 cm³/mol. The zero-order chi connectivity index (χ0) is 23.5. The van der Waals surface area contributed by atoms with Gasteiger partial charge in [0.05, 0.1) is 24.5 Å². The molecule has 7 heteroatoms. The number of aryl methyl sites for hydroxylation is 1. The fourth-order valence-corrected chi connectivity index (χ4v) is 4.71. The van der Waals surface area contributed by atoms with E-state index in [0.717, 1.165) is 16.8 Å². The van der Waals surface area contributed by atoms with Crippen LogP contribution in [0.3, 0.4) is 0 Å². The molecule has 0 radical (unpaired) electrons. The molecule has 3 aromatic rings. The summed E-state index contributed by atoms with van der Waals surface area (Å²) in [5.41, 5.74) is 4.25. The first-order valence-electron chi connectivity index (χ1n) is 12.0. The minimum atomic E-state index is -0.0324. The molecule has 2 aliphatic heterocycles. The number of piperidine rings is 1. The highest BCUT2D eigenvalue weighted by Gasteiger charge is 2.32. The van der Waals surface area contributed by atoms with Crippen LogP contribution in [0, 0.1) is 12.8 Å². The Bertz CT molecular complexity index is 1140. The standard InChI is InChI=1S/C27H30N4O3/c1-20-7-9-21(10-8-20)25-24(19-31(28-25)23-5-3-2-4-6-23)27(33)29-13-11-22(12-14-29)26(32)30-15-17-34-18-16-30/h2-10,19,22H,11-18H2,1H3. The summed E-state index contributed by atoms with van der Waals surface area (Å²) in [5, 5.41) is 4.80. The first-order valence-corrected chi connectivity index (χ1v) is 12.0. The third kappa shape index (κ3) is 4.61. The Kier molecular flexibility index (Phi) is 6.45. The highest BCUT2D eigenvalue weighted by molar-refractivity contribution is 6.00. The van der Waals surface area contributed by atoms with Crippen molar-refractivity contribution >= 4 is 11.8 Å².